The number of ether oxygens (including phenoxy) is 2. The van der Waals surface area contributed by atoms with Crippen LogP contribution in [0.3, 0.4) is 0 Å². The number of hydrogen-bond donors (Lipinski definition) is 3. The van der Waals surface area contributed by atoms with Crippen LogP contribution in [0.15, 0.2) is 24.3 Å². The molecule has 4 rings (SSSR count). The van der Waals surface area contributed by atoms with E-state index in [0.29, 0.717) is 39.1 Å². The number of primary amides is 1. The number of aliphatic hydroxyl groups excluding tert-OH is 1. The zero-order chi connectivity index (χ0) is 19.0. The van der Waals surface area contributed by atoms with Gasteiger partial charge in [0.2, 0.25) is 5.91 Å². The standard InChI is InChI=1S/C19H26FN3O4/c20-13-3-1-11(2-4-13)9-22-15-14-10-26-19(27-14)16(17(15)24)23-7-5-12(6-8-23)18(21)25/h1-4,12,14-17,19,22,24H,5-10H2,(H2,21,25)/t14-,15-,16+,17-,19+/m0/s1. The lowest BCUT2D eigenvalue weighted by molar-refractivity contribution is -0.186. The van der Waals surface area contributed by atoms with Gasteiger partial charge in [-0.15, -0.1) is 0 Å². The molecule has 0 saturated carbocycles. The average molecular weight is 379 g/mol. The zero-order valence-corrected chi connectivity index (χ0v) is 15.1. The van der Waals surface area contributed by atoms with E-state index in [1.165, 1.54) is 12.1 Å². The van der Waals surface area contributed by atoms with Gasteiger partial charge in [-0.2, -0.15) is 0 Å². The molecular formula is C19H26FN3O4. The number of likely N-dealkylation sites (tertiary alicyclic amines) is 1. The number of fused-ring (bicyclic) bond motifs is 2. The fourth-order valence-corrected chi connectivity index (χ4v) is 4.36. The molecule has 0 aliphatic carbocycles. The molecule has 3 heterocycles. The summed E-state index contributed by atoms with van der Waals surface area (Å²) in [4.78, 5) is 13.5. The van der Waals surface area contributed by atoms with Crippen LogP contribution in [0, 0.1) is 11.7 Å². The molecule has 4 N–H and O–H groups in total. The largest absolute Gasteiger partial charge is 0.390 e. The van der Waals surface area contributed by atoms with E-state index in [0.717, 1.165) is 5.56 Å². The SMILES string of the molecule is NC(=O)C1CCN([C@H]2[C@@H]3OC[C@H](O3)[C@H](NCc3ccc(F)cc3)[C@@H]2O)CC1. The lowest BCUT2D eigenvalue weighted by Crippen LogP contribution is -2.65. The van der Waals surface area contributed by atoms with Crippen LogP contribution in [-0.2, 0) is 20.8 Å². The predicted molar refractivity (Wildman–Crippen MR) is 94.9 cm³/mol. The molecule has 5 atom stereocenters. The molecule has 0 aromatic heterocycles. The van der Waals surface area contributed by atoms with Gasteiger partial charge in [0.25, 0.3) is 0 Å². The molecular weight excluding hydrogens is 353 g/mol. The highest BCUT2D eigenvalue weighted by molar-refractivity contribution is 5.76. The maximum Gasteiger partial charge on any atom is 0.220 e. The summed E-state index contributed by atoms with van der Waals surface area (Å²) >= 11 is 0. The number of amides is 1. The van der Waals surface area contributed by atoms with Crippen molar-refractivity contribution in [1.82, 2.24) is 10.2 Å². The van der Waals surface area contributed by atoms with Gasteiger partial charge in [0, 0.05) is 12.5 Å². The minimum atomic E-state index is -0.665. The molecule has 27 heavy (non-hydrogen) atoms. The molecule has 3 saturated heterocycles. The van der Waals surface area contributed by atoms with Gasteiger partial charge in [-0.05, 0) is 43.6 Å². The Labute approximate surface area is 157 Å². The van der Waals surface area contributed by atoms with Crippen molar-refractivity contribution in [2.24, 2.45) is 11.7 Å². The first-order valence-electron chi connectivity index (χ1n) is 9.49. The Morgan fingerprint density at radius 2 is 2.00 bits per heavy atom. The maximum atomic E-state index is 13.1. The Morgan fingerprint density at radius 1 is 1.30 bits per heavy atom. The monoisotopic (exact) mass is 379 g/mol. The van der Waals surface area contributed by atoms with Crippen molar-refractivity contribution in [3.8, 4) is 0 Å². The van der Waals surface area contributed by atoms with E-state index in [4.69, 9.17) is 15.2 Å². The fourth-order valence-electron chi connectivity index (χ4n) is 4.36. The number of aliphatic hydroxyl groups is 1. The van der Waals surface area contributed by atoms with Gasteiger partial charge >= 0.3 is 0 Å². The van der Waals surface area contributed by atoms with Gasteiger partial charge in [-0.25, -0.2) is 4.39 Å². The third kappa shape index (κ3) is 3.86. The molecule has 3 aliphatic rings. The number of piperidine rings is 1. The lowest BCUT2D eigenvalue weighted by Gasteiger charge is -2.46. The number of carbonyl (C=O) groups excluding carboxylic acids is 1. The molecule has 0 unspecified atom stereocenters. The summed E-state index contributed by atoms with van der Waals surface area (Å²) < 4.78 is 24.8. The first-order valence-corrected chi connectivity index (χ1v) is 9.49. The van der Waals surface area contributed by atoms with Crippen LogP contribution in [0.4, 0.5) is 4.39 Å². The molecule has 8 heteroatoms. The Morgan fingerprint density at radius 3 is 2.67 bits per heavy atom. The molecule has 1 aromatic rings. The highest BCUT2D eigenvalue weighted by Gasteiger charge is 2.52. The molecule has 1 aromatic carbocycles. The van der Waals surface area contributed by atoms with E-state index >= 15 is 0 Å². The van der Waals surface area contributed by atoms with E-state index in [-0.39, 0.29) is 35.8 Å². The first kappa shape index (κ1) is 18.8. The Kier molecular flexibility index (Phi) is 5.43. The topological polar surface area (TPSA) is 97.1 Å². The Hall–Kier alpha value is -1.58. The van der Waals surface area contributed by atoms with E-state index in [2.05, 4.69) is 10.2 Å². The molecule has 148 valence electrons. The molecule has 3 fully saturated rings. The third-order valence-corrected chi connectivity index (χ3v) is 5.94. The van der Waals surface area contributed by atoms with Crippen molar-refractivity contribution >= 4 is 5.91 Å². The summed E-state index contributed by atoms with van der Waals surface area (Å²) in [7, 11) is 0. The summed E-state index contributed by atoms with van der Waals surface area (Å²) in [6.07, 6.45) is 0.0239. The summed E-state index contributed by atoms with van der Waals surface area (Å²) in [5.74, 6) is -0.634. The van der Waals surface area contributed by atoms with Gasteiger partial charge < -0.3 is 25.6 Å². The average Bonchev–Trinajstić information content (AvgIpc) is 3.08. The van der Waals surface area contributed by atoms with Crippen LogP contribution in [0.5, 0.6) is 0 Å². The van der Waals surface area contributed by atoms with Crippen LogP contribution in [0.1, 0.15) is 18.4 Å². The summed E-state index contributed by atoms with van der Waals surface area (Å²) in [6.45, 7) is 2.28. The minimum Gasteiger partial charge on any atom is -0.390 e. The van der Waals surface area contributed by atoms with Crippen LogP contribution >= 0.6 is 0 Å². The molecule has 1 amide bonds. The fraction of sp³-hybridized carbons (Fsp3) is 0.632. The van der Waals surface area contributed by atoms with Crippen LogP contribution in [0.2, 0.25) is 0 Å². The molecule has 0 spiro atoms. The van der Waals surface area contributed by atoms with Crippen molar-refractivity contribution in [1.29, 1.82) is 0 Å². The zero-order valence-electron chi connectivity index (χ0n) is 15.1. The maximum absolute atomic E-state index is 13.1. The van der Waals surface area contributed by atoms with Crippen molar-refractivity contribution in [2.45, 2.75) is 50.0 Å². The molecule has 2 bridgehead atoms. The van der Waals surface area contributed by atoms with E-state index < -0.39 is 12.4 Å². The van der Waals surface area contributed by atoms with E-state index in [1.807, 2.05) is 0 Å². The molecule has 7 nitrogen and oxygen atoms in total. The predicted octanol–water partition coefficient (Wildman–Crippen LogP) is -0.0342. The van der Waals surface area contributed by atoms with Crippen LogP contribution in [-0.4, -0.2) is 66.2 Å². The second kappa shape index (κ2) is 7.81. The smallest absolute Gasteiger partial charge is 0.220 e. The van der Waals surface area contributed by atoms with Gasteiger partial charge in [0.15, 0.2) is 6.29 Å². The molecule has 0 radical (unpaired) electrons. The van der Waals surface area contributed by atoms with E-state index in [9.17, 15) is 14.3 Å². The summed E-state index contributed by atoms with van der Waals surface area (Å²) in [5.41, 5.74) is 6.35. The van der Waals surface area contributed by atoms with Crippen LogP contribution < -0.4 is 11.1 Å². The Balaban J connectivity index is 1.41. The number of carbonyl (C=O) groups is 1. The number of nitrogens with zero attached hydrogens (tertiary/aromatic N) is 1. The Bertz CT molecular complexity index is 665. The first-order chi connectivity index (χ1) is 13.0. The summed E-state index contributed by atoms with van der Waals surface area (Å²) in [6, 6.07) is 5.71. The highest BCUT2D eigenvalue weighted by atomic mass is 19.1. The number of rotatable bonds is 5. The quantitative estimate of drug-likeness (QED) is 0.665. The lowest BCUT2D eigenvalue weighted by atomic mass is 9.90. The van der Waals surface area contributed by atoms with Crippen molar-refractivity contribution < 1.29 is 23.8 Å². The van der Waals surface area contributed by atoms with Gasteiger partial charge in [-0.3, -0.25) is 9.69 Å². The van der Waals surface area contributed by atoms with Crippen LogP contribution in [0.25, 0.3) is 0 Å². The minimum absolute atomic E-state index is 0.104. The third-order valence-electron chi connectivity index (χ3n) is 5.94. The summed E-state index contributed by atoms with van der Waals surface area (Å²) in [5, 5.41) is 14.4. The number of hydrogen-bond acceptors (Lipinski definition) is 6. The normalized spacial score (nSPS) is 34.7. The van der Waals surface area contributed by atoms with Crippen molar-refractivity contribution in [2.75, 3.05) is 19.7 Å². The van der Waals surface area contributed by atoms with Gasteiger partial charge in [0.1, 0.15) is 11.9 Å². The highest BCUT2D eigenvalue weighted by Crippen LogP contribution is 2.33. The van der Waals surface area contributed by atoms with Gasteiger partial charge in [0.05, 0.1) is 24.8 Å². The van der Waals surface area contributed by atoms with Crippen molar-refractivity contribution in [3.05, 3.63) is 35.6 Å². The number of nitrogens with two attached hydrogens (primary N) is 1. The van der Waals surface area contributed by atoms with Gasteiger partial charge in [-0.1, -0.05) is 12.1 Å². The number of halogens is 1. The number of benzene rings is 1. The van der Waals surface area contributed by atoms with Crippen molar-refractivity contribution in [3.63, 3.8) is 0 Å². The second-order valence-corrected chi connectivity index (χ2v) is 7.60. The molecule has 3 aliphatic heterocycles. The second-order valence-electron chi connectivity index (χ2n) is 7.60. The van der Waals surface area contributed by atoms with E-state index in [1.54, 1.807) is 12.1 Å². The number of nitrogens with one attached hydrogen (secondary N) is 1.